The van der Waals surface area contributed by atoms with Crippen LogP contribution in [0.4, 0.5) is 16.0 Å². The van der Waals surface area contributed by atoms with Gasteiger partial charge in [0.15, 0.2) is 0 Å². The van der Waals surface area contributed by atoms with Gasteiger partial charge in [-0.15, -0.1) is 0 Å². The molecule has 0 spiro atoms. The standard InChI is InChI=1S/C22H19FN4O/c23-17-10-12-18(13-11-17)25-21(28)15-27-20-9-5-4-8-19(20)26-22(27)24-14-16-6-2-1-3-7-16/h1-13H,14-15H2,(H,24,26)(H,25,28). The number of para-hydroxylation sites is 2. The number of nitrogens with one attached hydrogen (secondary N) is 2. The maximum atomic E-state index is 13.0. The Bertz CT molecular complexity index is 1090. The summed E-state index contributed by atoms with van der Waals surface area (Å²) >= 11 is 0. The van der Waals surface area contributed by atoms with Gasteiger partial charge in [0.1, 0.15) is 12.4 Å². The maximum absolute atomic E-state index is 13.0. The van der Waals surface area contributed by atoms with E-state index in [-0.39, 0.29) is 18.3 Å². The Morgan fingerprint density at radius 1 is 0.929 bits per heavy atom. The molecular weight excluding hydrogens is 355 g/mol. The van der Waals surface area contributed by atoms with Crippen LogP contribution in [-0.4, -0.2) is 15.5 Å². The minimum atomic E-state index is -0.342. The smallest absolute Gasteiger partial charge is 0.244 e. The largest absolute Gasteiger partial charge is 0.352 e. The van der Waals surface area contributed by atoms with E-state index >= 15 is 0 Å². The van der Waals surface area contributed by atoms with Crippen LogP contribution >= 0.6 is 0 Å². The van der Waals surface area contributed by atoms with E-state index in [0.29, 0.717) is 18.2 Å². The monoisotopic (exact) mass is 374 g/mol. The molecule has 0 aliphatic heterocycles. The summed E-state index contributed by atoms with van der Waals surface area (Å²) in [7, 11) is 0. The first-order valence-electron chi connectivity index (χ1n) is 8.97. The number of nitrogens with zero attached hydrogens (tertiary/aromatic N) is 2. The van der Waals surface area contributed by atoms with Crippen molar-refractivity contribution in [1.82, 2.24) is 9.55 Å². The van der Waals surface area contributed by atoms with Crippen LogP contribution in [0.5, 0.6) is 0 Å². The zero-order valence-electron chi connectivity index (χ0n) is 15.1. The number of imidazole rings is 1. The van der Waals surface area contributed by atoms with E-state index in [1.807, 2.05) is 59.2 Å². The molecule has 5 nitrogen and oxygen atoms in total. The van der Waals surface area contributed by atoms with E-state index in [2.05, 4.69) is 15.6 Å². The number of hydrogen-bond donors (Lipinski definition) is 2. The second kappa shape index (κ2) is 7.92. The number of hydrogen-bond acceptors (Lipinski definition) is 3. The van der Waals surface area contributed by atoms with E-state index in [1.165, 1.54) is 24.3 Å². The zero-order valence-corrected chi connectivity index (χ0v) is 15.1. The Balaban J connectivity index is 1.55. The number of benzene rings is 3. The van der Waals surface area contributed by atoms with Crippen LogP contribution in [0.15, 0.2) is 78.9 Å². The molecule has 3 aromatic carbocycles. The second-order valence-corrected chi connectivity index (χ2v) is 6.40. The minimum Gasteiger partial charge on any atom is -0.352 e. The Kier molecular flexibility index (Phi) is 5.01. The molecule has 0 saturated heterocycles. The summed E-state index contributed by atoms with van der Waals surface area (Å²) in [5.74, 6) is 0.0721. The molecule has 2 N–H and O–H groups in total. The molecule has 0 aliphatic carbocycles. The summed E-state index contributed by atoms with van der Waals surface area (Å²) in [6.45, 7) is 0.693. The lowest BCUT2D eigenvalue weighted by Crippen LogP contribution is -2.20. The summed E-state index contributed by atoms with van der Waals surface area (Å²) in [5, 5.41) is 6.11. The van der Waals surface area contributed by atoms with Gasteiger partial charge in [0, 0.05) is 12.2 Å². The van der Waals surface area contributed by atoms with Crippen molar-refractivity contribution in [2.75, 3.05) is 10.6 Å². The van der Waals surface area contributed by atoms with Gasteiger partial charge in [-0.25, -0.2) is 9.37 Å². The molecule has 0 unspecified atom stereocenters. The third kappa shape index (κ3) is 4.01. The van der Waals surface area contributed by atoms with Crippen LogP contribution in [0, 0.1) is 5.82 Å². The van der Waals surface area contributed by atoms with Crippen molar-refractivity contribution >= 4 is 28.6 Å². The first kappa shape index (κ1) is 17.7. The Hall–Kier alpha value is -3.67. The lowest BCUT2D eigenvalue weighted by Gasteiger charge is -2.11. The van der Waals surface area contributed by atoms with Gasteiger partial charge in [0.2, 0.25) is 11.9 Å². The fourth-order valence-corrected chi connectivity index (χ4v) is 3.02. The summed E-state index contributed by atoms with van der Waals surface area (Å²) in [5.41, 5.74) is 3.35. The van der Waals surface area contributed by atoms with Gasteiger partial charge in [-0.3, -0.25) is 4.79 Å². The van der Waals surface area contributed by atoms with Crippen LogP contribution in [0.25, 0.3) is 11.0 Å². The fourth-order valence-electron chi connectivity index (χ4n) is 3.02. The number of rotatable bonds is 6. The van der Waals surface area contributed by atoms with Crippen molar-refractivity contribution < 1.29 is 9.18 Å². The van der Waals surface area contributed by atoms with Gasteiger partial charge in [0.05, 0.1) is 11.0 Å². The molecule has 0 saturated carbocycles. The second-order valence-electron chi connectivity index (χ2n) is 6.40. The average Bonchev–Trinajstić information content (AvgIpc) is 3.06. The highest BCUT2D eigenvalue weighted by Gasteiger charge is 2.13. The van der Waals surface area contributed by atoms with Crippen LogP contribution in [0.3, 0.4) is 0 Å². The zero-order chi connectivity index (χ0) is 19.3. The molecule has 28 heavy (non-hydrogen) atoms. The molecule has 140 valence electrons. The predicted molar refractivity (Wildman–Crippen MR) is 109 cm³/mol. The maximum Gasteiger partial charge on any atom is 0.244 e. The van der Waals surface area contributed by atoms with E-state index in [0.717, 1.165) is 16.6 Å². The lowest BCUT2D eigenvalue weighted by atomic mass is 10.2. The highest BCUT2D eigenvalue weighted by Crippen LogP contribution is 2.20. The summed E-state index contributed by atoms with van der Waals surface area (Å²) in [6, 6.07) is 23.4. The topological polar surface area (TPSA) is 59.0 Å². The molecule has 0 aliphatic rings. The predicted octanol–water partition coefficient (Wildman–Crippen LogP) is 4.43. The normalized spacial score (nSPS) is 10.8. The van der Waals surface area contributed by atoms with Crippen LogP contribution in [0.1, 0.15) is 5.56 Å². The Labute approximate surface area is 161 Å². The van der Waals surface area contributed by atoms with Crippen molar-refractivity contribution in [3.63, 3.8) is 0 Å². The number of carbonyl (C=O) groups excluding carboxylic acids is 1. The van der Waals surface area contributed by atoms with Gasteiger partial charge in [-0.1, -0.05) is 42.5 Å². The molecule has 1 amide bonds. The summed E-state index contributed by atoms with van der Waals surface area (Å²) in [6.07, 6.45) is 0. The van der Waals surface area contributed by atoms with Crippen molar-refractivity contribution in [3.05, 3.63) is 90.2 Å². The lowest BCUT2D eigenvalue weighted by molar-refractivity contribution is -0.116. The number of anilines is 2. The van der Waals surface area contributed by atoms with Gasteiger partial charge in [-0.2, -0.15) is 0 Å². The van der Waals surface area contributed by atoms with E-state index in [1.54, 1.807) is 0 Å². The summed E-state index contributed by atoms with van der Waals surface area (Å²) < 4.78 is 14.9. The summed E-state index contributed by atoms with van der Waals surface area (Å²) in [4.78, 5) is 17.2. The SMILES string of the molecule is O=C(Cn1c(NCc2ccccc2)nc2ccccc21)Nc1ccc(F)cc1. The van der Waals surface area contributed by atoms with Crippen molar-refractivity contribution in [3.8, 4) is 0 Å². The third-order valence-corrected chi connectivity index (χ3v) is 4.38. The van der Waals surface area contributed by atoms with Gasteiger partial charge >= 0.3 is 0 Å². The molecule has 0 bridgehead atoms. The molecule has 4 aromatic rings. The van der Waals surface area contributed by atoms with Crippen molar-refractivity contribution in [1.29, 1.82) is 0 Å². The molecule has 1 heterocycles. The van der Waals surface area contributed by atoms with Crippen LogP contribution in [0.2, 0.25) is 0 Å². The molecule has 6 heteroatoms. The Morgan fingerprint density at radius 3 is 2.43 bits per heavy atom. The quantitative estimate of drug-likeness (QED) is 0.525. The highest BCUT2D eigenvalue weighted by atomic mass is 19.1. The molecule has 0 atom stereocenters. The number of halogens is 1. The van der Waals surface area contributed by atoms with Gasteiger partial charge in [-0.05, 0) is 42.0 Å². The fraction of sp³-hybridized carbons (Fsp3) is 0.0909. The number of aromatic nitrogens is 2. The number of fused-ring (bicyclic) bond motifs is 1. The van der Waals surface area contributed by atoms with E-state index in [9.17, 15) is 9.18 Å². The van der Waals surface area contributed by atoms with Gasteiger partial charge < -0.3 is 15.2 Å². The number of amides is 1. The van der Waals surface area contributed by atoms with Gasteiger partial charge in [0.25, 0.3) is 0 Å². The number of carbonyl (C=O) groups is 1. The van der Waals surface area contributed by atoms with E-state index in [4.69, 9.17) is 0 Å². The first-order chi connectivity index (χ1) is 13.7. The van der Waals surface area contributed by atoms with Crippen LogP contribution < -0.4 is 10.6 Å². The Morgan fingerprint density at radius 2 is 1.64 bits per heavy atom. The minimum absolute atomic E-state index is 0.0923. The molecular formula is C22H19FN4O. The van der Waals surface area contributed by atoms with E-state index < -0.39 is 0 Å². The molecule has 1 aromatic heterocycles. The van der Waals surface area contributed by atoms with Crippen molar-refractivity contribution in [2.24, 2.45) is 0 Å². The molecule has 4 rings (SSSR count). The average molecular weight is 374 g/mol. The molecule has 0 radical (unpaired) electrons. The first-order valence-corrected chi connectivity index (χ1v) is 8.97. The van der Waals surface area contributed by atoms with Crippen LogP contribution in [-0.2, 0) is 17.9 Å². The third-order valence-electron chi connectivity index (χ3n) is 4.38. The highest BCUT2D eigenvalue weighted by molar-refractivity contribution is 5.92. The van der Waals surface area contributed by atoms with Crippen molar-refractivity contribution in [2.45, 2.75) is 13.1 Å². The molecule has 0 fully saturated rings.